The highest BCUT2D eigenvalue weighted by atomic mass is 35.5. The van der Waals surface area contributed by atoms with E-state index in [1.807, 2.05) is 42.5 Å². The van der Waals surface area contributed by atoms with Gasteiger partial charge in [0.25, 0.3) is 5.91 Å². The lowest BCUT2D eigenvalue weighted by molar-refractivity contribution is -0.135. The standard InChI is InChI=1S/C22H16ClF3N2OS2/c23-19-9-8-18(31-19)20-14-4-1-2-5-16(14)30-17-7-6-13(12-15(17)28-20)21(29)27-11-3-10-22(24,25)26/h1-2,4-9,12H,3,10-11H2,(H,27,29). The van der Waals surface area contributed by atoms with Crippen LogP contribution in [0.1, 0.15) is 33.6 Å². The molecule has 1 aliphatic rings. The van der Waals surface area contributed by atoms with Crippen LogP contribution in [0.3, 0.4) is 0 Å². The highest BCUT2D eigenvalue weighted by Gasteiger charge is 2.26. The van der Waals surface area contributed by atoms with E-state index in [4.69, 9.17) is 16.6 Å². The van der Waals surface area contributed by atoms with Gasteiger partial charge >= 0.3 is 6.18 Å². The molecule has 0 radical (unpaired) electrons. The third kappa shape index (κ3) is 5.31. The molecule has 0 saturated heterocycles. The lowest BCUT2D eigenvalue weighted by Gasteiger charge is -2.09. The Morgan fingerprint density at radius 3 is 2.61 bits per heavy atom. The molecule has 2 heterocycles. The van der Waals surface area contributed by atoms with E-state index < -0.39 is 18.5 Å². The van der Waals surface area contributed by atoms with Crippen molar-refractivity contribution in [2.75, 3.05) is 6.54 Å². The molecule has 2 aromatic carbocycles. The van der Waals surface area contributed by atoms with Gasteiger partial charge in [-0.05, 0) is 42.8 Å². The van der Waals surface area contributed by atoms with Gasteiger partial charge in [0, 0.05) is 33.9 Å². The van der Waals surface area contributed by atoms with Gasteiger partial charge in [-0.15, -0.1) is 11.3 Å². The van der Waals surface area contributed by atoms with Gasteiger partial charge in [-0.3, -0.25) is 4.79 Å². The number of fused-ring (bicyclic) bond motifs is 2. The fraction of sp³-hybridized carbons (Fsp3) is 0.182. The molecule has 160 valence electrons. The van der Waals surface area contributed by atoms with Crippen LogP contribution in [-0.4, -0.2) is 24.3 Å². The molecule has 1 amide bonds. The Kier molecular flexibility index (Phi) is 6.41. The Balaban J connectivity index is 1.63. The van der Waals surface area contributed by atoms with Crippen molar-refractivity contribution in [3.8, 4) is 0 Å². The lowest BCUT2D eigenvalue weighted by atomic mass is 10.1. The lowest BCUT2D eigenvalue weighted by Crippen LogP contribution is -2.25. The van der Waals surface area contributed by atoms with Crippen molar-refractivity contribution in [1.29, 1.82) is 0 Å². The molecule has 3 nitrogen and oxygen atoms in total. The summed E-state index contributed by atoms with van der Waals surface area (Å²) in [4.78, 5) is 20.1. The van der Waals surface area contributed by atoms with Gasteiger partial charge in [0.15, 0.2) is 0 Å². The molecule has 31 heavy (non-hydrogen) atoms. The van der Waals surface area contributed by atoms with Crippen LogP contribution in [0.2, 0.25) is 4.34 Å². The zero-order valence-electron chi connectivity index (χ0n) is 16.0. The summed E-state index contributed by atoms with van der Waals surface area (Å²) in [5.41, 5.74) is 2.72. The van der Waals surface area contributed by atoms with Crippen LogP contribution < -0.4 is 5.32 Å². The smallest absolute Gasteiger partial charge is 0.352 e. The third-order valence-electron chi connectivity index (χ3n) is 4.54. The number of aliphatic imine (C=N–C) groups is 1. The fourth-order valence-electron chi connectivity index (χ4n) is 3.10. The minimum absolute atomic E-state index is 0.0438. The zero-order chi connectivity index (χ0) is 22.0. The van der Waals surface area contributed by atoms with Gasteiger partial charge in [-0.25, -0.2) is 4.99 Å². The Labute approximate surface area is 190 Å². The topological polar surface area (TPSA) is 41.5 Å². The number of nitrogens with zero attached hydrogens (tertiary/aromatic N) is 1. The van der Waals surface area contributed by atoms with Crippen LogP contribution in [0.4, 0.5) is 18.9 Å². The van der Waals surface area contributed by atoms with E-state index in [2.05, 4.69) is 5.32 Å². The second kappa shape index (κ2) is 9.06. The Bertz CT molecular complexity index is 1160. The van der Waals surface area contributed by atoms with Crippen LogP contribution in [-0.2, 0) is 0 Å². The van der Waals surface area contributed by atoms with Gasteiger partial charge in [-0.2, -0.15) is 13.2 Å². The van der Waals surface area contributed by atoms with Gasteiger partial charge in [0.05, 0.1) is 20.6 Å². The minimum Gasteiger partial charge on any atom is -0.352 e. The molecular weight excluding hydrogens is 465 g/mol. The number of nitrogens with one attached hydrogen (secondary N) is 1. The molecule has 0 bridgehead atoms. The number of carbonyl (C=O) groups excluding carboxylic acids is 1. The van der Waals surface area contributed by atoms with Crippen molar-refractivity contribution in [3.05, 3.63) is 74.9 Å². The summed E-state index contributed by atoms with van der Waals surface area (Å²) in [6, 6.07) is 16.8. The van der Waals surface area contributed by atoms with Crippen molar-refractivity contribution >= 4 is 52.0 Å². The average molecular weight is 481 g/mol. The van der Waals surface area contributed by atoms with E-state index in [0.29, 0.717) is 15.6 Å². The summed E-state index contributed by atoms with van der Waals surface area (Å²) in [5.74, 6) is -0.423. The first-order chi connectivity index (χ1) is 14.8. The number of halogens is 4. The number of hydrogen-bond acceptors (Lipinski definition) is 4. The van der Waals surface area contributed by atoms with Crippen molar-refractivity contribution in [3.63, 3.8) is 0 Å². The third-order valence-corrected chi connectivity index (χ3v) is 6.92. The average Bonchev–Trinajstić information content (AvgIpc) is 3.08. The minimum atomic E-state index is -4.23. The van der Waals surface area contributed by atoms with Crippen molar-refractivity contribution in [2.24, 2.45) is 4.99 Å². The number of benzene rings is 2. The normalized spacial score (nSPS) is 13.1. The Morgan fingerprint density at radius 2 is 1.87 bits per heavy atom. The van der Waals surface area contributed by atoms with Crippen LogP contribution in [0.15, 0.2) is 69.4 Å². The summed E-state index contributed by atoms with van der Waals surface area (Å²) in [5, 5.41) is 2.55. The monoisotopic (exact) mass is 480 g/mol. The maximum absolute atomic E-state index is 12.5. The molecule has 3 aromatic rings. The predicted molar refractivity (Wildman–Crippen MR) is 119 cm³/mol. The van der Waals surface area contributed by atoms with E-state index in [-0.39, 0.29) is 13.0 Å². The maximum atomic E-state index is 12.5. The Morgan fingerprint density at radius 1 is 1.06 bits per heavy atom. The van der Waals surface area contributed by atoms with Crippen LogP contribution in [0, 0.1) is 0 Å². The summed E-state index contributed by atoms with van der Waals surface area (Å²) in [7, 11) is 0. The molecule has 4 rings (SSSR count). The van der Waals surface area contributed by atoms with Crippen LogP contribution in [0.5, 0.6) is 0 Å². The predicted octanol–water partition coefficient (Wildman–Crippen LogP) is 7.11. The first kappa shape index (κ1) is 21.9. The first-order valence-electron chi connectivity index (χ1n) is 9.41. The van der Waals surface area contributed by atoms with E-state index in [0.717, 1.165) is 25.9 Å². The molecule has 9 heteroatoms. The number of carbonyl (C=O) groups is 1. The second-order valence-corrected chi connectivity index (χ2v) is 9.62. The van der Waals surface area contributed by atoms with Crippen LogP contribution >= 0.6 is 34.7 Å². The van der Waals surface area contributed by atoms with Gasteiger partial charge in [0.1, 0.15) is 0 Å². The van der Waals surface area contributed by atoms with E-state index >= 15 is 0 Å². The quantitative estimate of drug-likeness (QED) is 0.309. The van der Waals surface area contributed by atoms with E-state index in [1.165, 1.54) is 11.3 Å². The SMILES string of the molecule is O=C(NCCCC(F)(F)F)c1ccc2c(c1)N=C(c1ccc(Cl)s1)c1ccccc1S2. The number of amides is 1. The molecule has 0 unspecified atom stereocenters. The molecule has 0 fully saturated rings. The number of hydrogen-bond donors (Lipinski definition) is 1. The zero-order valence-corrected chi connectivity index (χ0v) is 18.4. The molecule has 0 spiro atoms. The largest absolute Gasteiger partial charge is 0.389 e. The summed E-state index contributed by atoms with van der Waals surface area (Å²) in [6.45, 7) is -0.0438. The summed E-state index contributed by atoms with van der Waals surface area (Å²) >= 11 is 9.11. The molecule has 1 aromatic heterocycles. The van der Waals surface area contributed by atoms with Crippen LogP contribution in [0.25, 0.3) is 0 Å². The first-order valence-corrected chi connectivity index (χ1v) is 11.4. The van der Waals surface area contributed by atoms with Gasteiger partial charge in [0.2, 0.25) is 0 Å². The van der Waals surface area contributed by atoms with Crippen molar-refractivity contribution in [2.45, 2.75) is 28.8 Å². The van der Waals surface area contributed by atoms with Gasteiger partial charge in [-0.1, -0.05) is 41.6 Å². The van der Waals surface area contributed by atoms with Crippen molar-refractivity contribution < 1.29 is 18.0 Å². The van der Waals surface area contributed by atoms with E-state index in [1.54, 1.807) is 23.9 Å². The number of thiophene rings is 1. The highest BCUT2D eigenvalue weighted by Crippen LogP contribution is 2.42. The molecule has 0 saturated carbocycles. The Hall–Kier alpha value is -2.29. The molecule has 1 N–H and O–H groups in total. The highest BCUT2D eigenvalue weighted by molar-refractivity contribution is 7.99. The second-order valence-electron chi connectivity index (χ2n) is 6.82. The molecular formula is C22H16ClF3N2OS2. The number of rotatable bonds is 5. The van der Waals surface area contributed by atoms with E-state index in [9.17, 15) is 18.0 Å². The van der Waals surface area contributed by atoms with Gasteiger partial charge < -0.3 is 5.32 Å². The number of alkyl halides is 3. The van der Waals surface area contributed by atoms with Crippen molar-refractivity contribution in [1.82, 2.24) is 5.32 Å². The maximum Gasteiger partial charge on any atom is 0.389 e. The molecule has 0 aliphatic carbocycles. The summed E-state index contributed by atoms with van der Waals surface area (Å²) in [6.07, 6.45) is -5.31. The fourth-order valence-corrected chi connectivity index (χ4v) is 5.16. The summed E-state index contributed by atoms with van der Waals surface area (Å²) < 4.78 is 37.5. The molecule has 0 atom stereocenters. The molecule has 1 aliphatic heterocycles.